The number of benzene rings is 1. The molecule has 140 valence electrons. The molecule has 2 N–H and O–H groups in total. The predicted octanol–water partition coefficient (Wildman–Crippen LogP) is 5.87. The molecule has 3 heteroatoms. The van der Waals surface area contributed by atoms with Gasteiger partial charge in [0.15, 0.2) is 0 Å². The summed E-state index contributed by atoms with van der Waals surface area (Å²) in [6.45, 7) is 11.1. The van der Waals surface area contributed by atoms with Crippen LogP contribution in [0.2, 0.25) is 0 Å². The minimum absolute atomic E-state index is 0.0897. The number of pyridine rings is 1. The number of aryl methyl sites for hydroxylation is 1. The Labute approximate surface area is 157 Å². The molecule has 1 aromatic carbocycles. The fourth-order valence-electron chi connectivity index (χ4n) is 3.89. The van der Waals surface area contributed by atoms with Crippen LogP contribution < -0.4 is 5.32 Å². The molecule has 26 heavy (non-hydrogen) atoms. The van der Waals surface area contributed by atoms with E-state index in [2.05, 4.69) is 70.3 Å². The van der Waals surface area contributed by atoms with Gasteiger partial charge in [0.25, 0.3) is 0 Å². The van der Waals surface area contributed by atoms with Crippen LogP contribution in [0, 0.1) is 0 Å². The van der Waals surface area contributed by atoms with Crippen LogP contribution >= 0.6 is 0 Å². The molecule has 1 heterocycles. The van der Waals surface area contributed by atoms with Gasteiger partial charge in [0.2, 0.25) is 0 Å². The second-order valence-electron chi connectivity index (χ2n) is 8.18. The van der Waals surface area contributed by atoms with Crippen molar-refractivity contribution in [2.75, 3.05) is 5.32 Å². The number of aliphatic hydroxyl groups excluding tert-OH is 1. The molecule has 3 rings (SSSR count). The molecule has 0 spiro atoms. The highest BCUT2D eigenvalue weighted by atomic mass is 16.3. The molecule has 2 unspecified atom stereocenters. The molecule has 3 nitrogen and oxygen atoms in total. The maximum Gasteiger partial charge on any atom is 0.0962 e. The van der Waals surface area contributed by atoms with Crippen LogP contribution in [0.3, 0.4) is 0 Å². The molecular weight excluding hydrogens is 320 g/mol. The lowest BCUT2D eigenvalue weighted by Gasteiger charge is -2.26. The van der Waals surface area contributed by atoms with Crippen LogP contribution in [0.1, 0.15) is 99.5 Å². The fraction of sp³-hybridized carbons (Fsp3) is 0.522. The standard InChI is InChI=1S/C23H32N2O/c1-14(2)18-9-7-10-19(15(3)4)23(18)24-16(5)20-13-12-17-8-6-11-21(26)22(17)25-20/h7,9-10,12-16,21,24,26H,6,8,11H2,1-5H3. The number of rotatable bonds is 5. The molecule has 0 saturated carbocycles. The third-order valence-electron chi connectivity index (χ3n) is 5.45. The van der Waals surface area contributed by atoms with Gasteiger partial charge in [-0.3, -0.25) is 4.98 Å². The first-order chi connectivity index (χ1) is 12.4. The Morgan fingerprint density at radius 2 is 1.65 bits per heavy atom. The molecule has 2 aromatic rings. The zero-order chi connectivity index (χ0) is 18.8. The second-order valence-corrected chi connectivity index (χ2v) is 8.18. The molecule has 2 atom stereocenters. The van der Waals surface area contributed by atoms with Gasteiger partial charge >= 0.3 is 0 Å². The Bertz CT molecular complexity index is 741. The Hall–Kier alpha value is -1.87. The van der Waals surface area contributed by atoms with E-state index >= 15 is 0 Å². The van der Waals surface area contributed by atoms with E-state index in [1.807, 2.05) is 0 Å². The number of nitrogens with zero attached hydrogens (tertiary/aromatic N) is 1. The lowest BCUT2D eigenvalue weighted by molar-refractivity contribution is 0.151. The lowest BCUT2D eigenvalue weighted by Crippen LogP contribution is -2.17. The molecule has 0 saturated heterocycles. The average Bonchev–Trinajstić information content (AvgIpc) is 2.61. The number of aromatic nitrogens is 1. The maximum atomic E-state index is 10.3. The number of nitrogens with one attached hydrogen (secondary N) is 1. The van der Waals surface area contributed by atoms with E-state index in [1.54, 1.807) is 0 Å². The van der Waals surface area contributed by atoms with Crippen molar-refractivity contribution in [3.63, 3.8) is 0 Å². The smallest absolute Gasteiger partial charge is 0.0962 e. The van der Waals surface area contributed by atoms with Crippen LogP contribution in [0.5, 0.6) is 0 Å². The quantitative estimate of drug-likeness (QED) is 0.707. The molecule has 0 radical (unpaired) electrons. The third kappa shape index (κ3) is 3.78. The van der Waals surface area contributed by atoms with Gasteiger partial charge < -0.3 is 10.4 Å². The molecular formula is C23H32N2O. The molecule has 1 aliphatic rings. The van der Waals surface area contributed by atoms with Crippen molar-refractivity contribution < 1.29 is 5.11 Å². The first-order valence-corrected chi connectivity index (χ1v) is 9.95. The number of hydrogen-bond acceptors (Lipinski definition) is 3. The van der Waals surface area contributed by atoms with Crippen molar-refractivity contribution in [3.8, 4) is 0 Å². The Morgan fingerprint density at radius 3 is 2.27 bits per heavy atom. The molecule has 0 aliphatic heterocycles. The van der Waals surface area contributed by atoms with Gasteiger partial charge in [-0.25, -0.2) is 0 Å². The summed E-state index contributed by atoms with van der Waals surface area (Å²) in [5.41, 5.74) is 7.01. The van der Waals surface area contributed by atoms with Crippen molar-refractivity contribution >= 4 is 5.69 Å². The van der Waals surface area contributed by atoms with Crippen molar-refractivity contribution in [1.29, 1.82) is 0 Å². The molecule has 1 aromatic heterocycles. The average molecular weight is 353 g/mol. The topological polar surface area (TPSA) is 45.2 Å². The highest BCUT2D eigenvalue weighted by Crippen LogP contribution is 2.35. The first-order valence-electron chi connectivity index (χ1n) is 9.95. The Balaban J connectivity index is 1.93. The predicted molar refractivity (Wildman–Crippen MR) is 109 cm³/mol. The number of aliphatic hydroxyl groups is 1. The van der Waals surface area contributed by atoms with E-state index in [-0.39, 0.29) is 6.04 Å². The summed E-state index contributed by atoms with van der Waals surface area (Å²) >= 11 is 0. The normalized spacial score (nSPS) is 18.1. The highest BCUT2D eigenvalue weighted by Gasteiger charge is 2.22. The molecule has 1 aliphatic carbocycles. The van der Waals surface area contributed by atoms with Gasteiger partial charge in [-0.15, -0.1) is 0 Å². The van der Waals surface area contributed by atoms with E-state index in [0.717, 1.165) is 30.7 Å². The summed E-state index contributed by atoms with van der Waals surface area (Å²) in [6, 6.07) is 10.9. The van der Waals surface area contributed by atoms with Crippen molar-refractivity contribution in [2.45, 2.75) is 77.9 Å². The summed E-state index contributed by atoms with van der Waals surface area (Å²) in [4.78, 5) is 4.83. The number of hydrogen-bond donors (Lipinski definition) is 2. The first kappa shape index (κ1) is 18.9. The van der Waals surface area contributed by atoms with Crippen molar-refractivity contribution in [2.24, 2.45) is 0 Å². The minimum atomic E-state index is -0.417. The highest BCUT2D eigenvalue weighted by molar-refractivity contribution is 5.61. The van der Waals surface area contributed by atoms with Crippen LogP contribution in [0.4, 0.5) is 5.69 Å². The van der Waals surface area contributed by atoms with E-state index in [1.165, 1.54) is 22.4 Å². The SMILES string of the molecule is CC(C)c1cccc(C(C)C)c1NC(C)c1ccc2c(n1)C(O)CCC2. The van der Waals surface area contributed by atoms with E-state index < -0.39 is 6.10 Å². The summed E-state index contributed by atoms with van der Waals surface area (Å²) in [6.07, 6.45) is 2.47. The molecule has 0 fully saturated rings. The second kappa shape index (κ2) is 7.79. The Morgan fingerprint density at radius 1 is 1.00 bits per heavy atom. The third-order valence-corrected chi connectivity index (χ3v) is 5.45. The van der Waals surface area contributed by atoms with Gasteiger partial charge in [-0.05, 0) is 60.8 Å². The van der Waals surface area contributed by atoms with Crippen LogP contribution in [-0.2, 0) is 6.42 Å². The maximum absolute atomic E-state index is 10.3. The number of para-hydroxylation sites is 1. The van der Waals surface area contributed by atoms with Gasteiger partial charge in [-0.1, -0.05) is 52.0 Å². The molecule has 0 bridgehead atoms. The summed E-state index contributed by atoms with van der Waals surface area (Å²) in [7, 11) is 0. The Kier molecular flexibility index (Phi) is 5.67. The van der Waals surface area contributed by atoms with E-state index in [4.69, 9.17) is 4.98 Å². The van der Waals surface area contributed by atoms with Gasteiger partial charge in [-0.2, -0.15) is 0 Å². The number of anilines is 1. The summed E-state index contributed by atoms with van der Waals surface area (Å²) in [5.74, 6) is 0.920. The fourth-order valence-corrected chi connectivity index (χ4v) is 3.89. The van der Waals surface area contributed by atoms with Crippen LogP contribution in [-0.4, -0.2) is 10.1 Å². The lowest BCUT2D eigenvalue weighted by atomic mass is 9.91. The monoisotopic (exact) mass is 352 g/mol. The summed E-state index contributed by atoms with van der Waals surface area (Å²) in [5, 5.41) is 14.0. The molecule has 0 amide bonds. The zero-order valence-corrected chi connectivity index (χ0v) is 16.7. The van der Waals surface area contributed by atoms with Crippen LogP contribution in [0.25, 0.3) is 0 Å². The summed E-state index contributed by atoms with van der Waals surface area (Å²) < 4.78 is 0. The van der Waals surface area contributed by atoms with Gasteiger partial charge in [0.05, 0.1) is 23.5 Å². The van der Waals surface area contributed by atoms with Gasteiger partial charge in [0.1, 0.15) is 0 Å². The van der Waals surface area contributed by atoms with Crippen LogP contribution in [0.15, 0.2) is 30.3 Å². The van der Waals surface area contributed by atoms with Gasteiger partial charge in [0, 0.05) is 5.69 Å². The van der Waals surface area contributed by atoms with E-state index in [9.17, 15) is 5.11 Å². The van der Waals surface area contributed by atoms with Crippen molar-refractivity contribution in [3.05, 3.63) is 58.4 Å². The van der Waals surface area contributed by atoms with E-state index in [0.29, 0.717) is 11.8 Å². The number of fused-ring (bicyclic) bond motifs is 1. The minimum Gasteiger partial charge on any atom is -0.387 e. The zero-order valence-electron chi connectivity index (χ0n) is 16.7. The largest absolute Gasteiger partial charge is 0.387 e. The van der Waals surface area contributed by atoms with Crippen molar-refractivity contribution in [1.82, 2.24) is 4.98 Å².